The van der Waals surface area contributed by atoms with Crippen LogP contribution in [-0.2, 0) is 4.79 Å². The Morgan fingerprint density at radius 1 is 1.45 bits per heavy atom. The van der Waals surface area contributed by atoms with Crippen molar-refractivity contribution in [2.24, 2.45) is 11.7 Å². The minimum atomic E-state index is -4.81. The summed E-state index contributed by atoms with van der Waals surface area (Å²) in [6.07, 6.45) is -4.58. The van der Waals surface area contributed by atoms with Crippen molar-refractivity contribution in [2.75, 3.05) is 18.0 Å². The second-order valence-corrected chi connectivity index (χ2v) is 5.39. The van der Waals surface area contributed by atoms with Gasteiger partial charge in [0.15, 0.2) is 5.75 Å². The van der Waals surface area contributed by atoms with E-state index in [0.29, 0.717) is 17.6 Å². The first-order valence-electron chi connectivity index (χ1n) is 5.86. The third-order valence-electron chi connectivity index (χ3n) is 2.98. The number of carbonyl (C=O) groups excluding carboxylic acids is 1. The minimum absolute atomic E-state index is 0.0554. The molecule has 1 amide bonds. The molecule has 2 N–H and O–H groups in total. The van der Waals surface area contributed by atoms with Crippen LogP contribution in [0.4, 0.5) is 18.9 Å². The lowest BCUT2D eigenvalue weighted by Crippen LogP contribution is -2.27. The smallest absolute Gasteiger partial charge is 0.404 e. The molecule has 1 heterocycles. The number of nitrogens with zero attached hydrogens (tertiary/aromatic N) is 1. The zero-order valence-corrected chi connectivity index (χ0v) is 11.9. The Morgan fingerprint density at radius 2 is 2.15 bits per heavy atom. The Bertz CT molecular complexity index is 522. The predicted molar refractivity (Wildman–Crippen MR) is 70.3 cm³/mol. The molecule has 1 fully saturated rings. The molecule has 0 bridgehead atoms. The van der Waals surface area contributed by atoms with Crippen LogP contribution >= 0.6 is 15.9 Å². The number of alkyl halides is 3. The fourth-order valence-corrected chi connectivity index (χ4v) is 2.43. The summed E-state index contributed by atoms with van der Waals surface area (Å²) in [5, 5.41) is 0. The third kappa shape index (κ3) is 3.43. The van der Waals surface area contributed by atoms with E-state index in [1.54, 1.807) is 0 Å². The quantitative estimate of drug-likeness (QED) is 0.909. The number of anilines is 1. The van der Waals surface area contributed by atoms with Crippen molar-refractivity contribution >= 4 is 27.5 Å². The van der Waals surface area contributed by atoms with Gasteiger partial charge in [0, 0.05) is 17.4 Å². The molecule has 1 atom stereocenters. The highest BCUT2D eigenvalue weighted by Gasteiger charge is 2.36. The number of amides is 1. The molecule has 0 aromatic heterocycles. The molecule has 0 saturated carbocycles. The molecule has 1 saturated heterocycles. The zero-order valence-electron chi connectivity index (χ0n) is 10.3. The Balaban J connectivity index is 2.35. The van der Waals surface area contributed by atoms with Gasteiger partial charge < -0.3 is 15.4 Å². The number of rotatable bonds is 3. The van der Waals surface area contributed by atoms with Gasteiger partial charge in [-0.3, -0.25) is 4.79 Å². The van der Waals surface area contributed by atoms with Gasteiger partial charge in [-0.15, -0.1) is 13.2 Å². The van der Waals surface area contributed by atoms with Gasteiger partial charge in [-0.1, -0.05) is 15.9 Å². The molecule has 1 aliphatic rings. The average Bonchev–Trinajstić information content (AvgIpc) is 2.71. The molecular formula is C12H12BrF3N2O2. The van der Waals surface area contributed by atoms with E-state index in [9.17, 15) is 18.0 Å². The molecule has 0 spiro atoms. The van der Waals surface area contributed by atoms with Crippen LogP contribution in [0.25, 0.3) is 0 Å². The largest absolute Gasteiger partial charge is 0.573 e. The van der Waals surface area contributed by atoms with E-state index in [0.717, 1.165) is 0 Å². The fourth-order valence-electron chi connectivity index (χ4n) is 2.08. The van der Waals surface area contributed by atoms with Gasteiger partial charge in [0.2, 0.25) is 5.91 Å². The Labute approximate surface area is 121 Å². The average molecular weight is 353 g/mol. The molecule has 1 aromatic carbocycles. The molecular weight excluding hydrogens is 341 g/mol. The first-order chi connectivity index (χ1) is 9.30. The van der Waals surface area contributed by atoms with Gasteiger partial charge in [0.1, 0.15) is 0 Å². The second-order valence-electron chi connectivity index (χ2n) is 4.47. The van der Waals surface area contributed by atoms with Crippen molar-refractivity contribution in [1.29, 1.82) is 0 Å². The van der Waals surface area contributed by atoms with Crippen LogP contribution in [0.15, 0.2) is 22.7 Å². The lowest BCUT2D eigenvalue weighted by molar-refractivity contribution is -0.274. The van der Waals surface area contributed by atoms with Gasteiger partial charge in [-0.2, -0.15) is 0 Å². The first kappa shape index (κ1) is 15.1. The highest BCUT2D eigenvalue weighted by molar-refractivity contribution is 9.10. The highest BCUT2D eigenvalue weighted by Crippen LogP contribution is 2.37. The van der Waals surface area contributed by atoms with Crippen LogP contribution in [0, 0.1) is 5.92 Å². The summed E-state index contributed by atoms with van der Waals surface area (Å²) in [5.74, 6) is -0.711. The summed E-state index contributed by atoms with van der Waals surface area (Å²) < 4.78 is 41.7. The van der Waals surface area contributed by atoms with E-state index in [2.05, 4.69) is 20.7 Å². The second kappa shape index (κ2) is 5.61. The van der Waals surface area contributed by atoms with Crippen molar-refractivity contribution in [3.63, 3.8) is 0 Å². The van der Waals surface area contributed by atoms with Crippen LogP contribution in [0.1, 0.15) is 6.42 Å². The maximum Gasteiger partial charge on any atom is 0.573 e. The molecule has 1 unspecified atom stereocenters. The molecule has 2 rings (SSSR count). The number of carbonyl (C=O) groups is 1. The fraction of sp³-hybridized carbons (Fsp3) is 0.417. The lowest BCUT2D eigenvalue weighted by Gasteiger charge is -2.21. The highest BCUT2D eigenvalue weighted by atomic mass is 79.9. The number of benzene rings is 1. The first-order valence-corrected chi connectivity index (χ1v) is 6.65. The predicted octanol–water partition coefficient (Wildman–Crippen LogP) is 2.66. The summed E-state index contributed by atoms with van der Waals surface area (Å²) in [5.41, 5.74) is 5.60. The summed E-state index contributed by atoms with van der Waals surface area (Å²) in [6, 6.07) is 4.03. The van der Waals surface area contributed by atoms with Crippen molar-refractivity contribution in [1.82, 2.24) is 0 Å². The molecule has 0 aliphatic carbocycles. The SMILES string of the molecule is NCC1CC(=O)N(c2cc(Br)ccc2OC(F)(F)F)C1. The summed E-state index contributed by atoms with van der Waals surface area (Å²) in [6.45, 7) is 0.603. The molecule has 1 aliphatic heterocycles. The van der Waals surface area contributed by atoms with Crippen molar-refractivity contribution in [3.8, 4) is 5.75 Å². The molecule has 4 nitrogen and oxygen atoms in total. The zero-order chi connectivity index (χ0) is 14.9. The number of ether oxygens (including phenoxy) is 1. The van der Waals surface area contributed by atoms with E-state index in [1.807, 2.05) is 0 Å². The van der Waals surface area contributed by atoms with Crippen LogP contribution in [0.3, 0.4) is 0 Å². The van der Waals surface area contributed by atoms with Crippen LogP contribution in [0.2, 0.25) is 0 Å². The molecule has 20 heavy (non-hydrogen) atoms. The number of halogens is 4. The normalized spacial score (nSPS) is 19.6. The van der Waals surface area contributed by atoms with Gasteiger partial charge in [-0.05, 0) is 30.7 Å². The van der Waals surface area contributed by atoms with Crippen molar-refractivity contribution in [2.45, 2.75) is 12.8 Å². The third-order valence-corrected chi connectivity index (χ3v) is 3.47. The van der Waals surface area contributed by atoms with E-state index in [1.165, 1.54) is 23.1 Å². The van der Waals surface area contributed by atoms with Crippen molar-refractivity contribution in [3.05, 3.63) is 22.7 Å². The van der Waals surface area contributed by atoms with Gasteiger partial charge in [-0.25, -0.2) is 0 Å². The Kier molecular flexibility index (Phi) is 4.24. The standard InChI is InChI=1S/C12H12BrF3N2O2/c13-8-1-2-10(20-12(14,15)16)9(4-8)18-6-7(5-17)3-11(18)19/h1-2,4,7H,3,5-6,17H2. The Hall–Kier alpha value is -1.28. The summed E-state index contributed by atoms with van der Waals surface area (Å²) in [4.78, 5) is 13.2. The van der Waals surface area contributed by atoms with Gasteiger partial charge >= 0.3 is 6.36 Å². The minimum Gasteiger partial charge on any atom is -0.404 e. The van der Waals surface area contributed by atoms with Crippen LogP contribution in [0.5, 0.6) is 5.75 Å². The maximum absolute atomic E-state index is 12.4. The van der Waals surface area contributed by atoms with Gasteiger partial charge in [0.25, 0.3) is 0 Å². The van der Waals surface area contributed by atoms with E-state index in [4.69, 9.17) is 5.73 Å². The Morgan fingerprint density at radius 3 is 2.70 bits per heavy atom. The van der Waals surface area contributed by atoms with Crippen molar-refractivity contribution < 1.29 is 22.7 Å². The number of hydrogen-bond donors (Lipinski definition) is 1. The molecule has 110 valence electrons. The van der Waals surface area contributed by atoms with Crippen LogP contribution < -0.4 is 15.4 Å². The molecule has 1 aromatic rings. The summed E-state index contributed by atoms with van der Waals surface area (Å²) >= 11 is 3.18. The lowest BCUT2D eigenvalue weighted by atomic mass is 10.1. The van der Waals surface area contributed by atoms with E-state index < -0.39 is 12.1 Å². The number of hydrogen-bond acceptors (Lipinski definition) is 3. The maximum atomic E-state index is 12.4. The van der Waals surface area contributed by atoms with Gasteiger partial charge in [0.05, 0.1) is 5.69 Å². The van der Waals surface area contributed by atoms with E-state index >= 15 is 0 Å². The monoisotopic (exact) mass is 352 g/mol. The summed E-state index contributed by atoms with van der Waals surface area (Å²) in [7, 11) is 0. The van der Waals surface area contributed by atoms with Crippen LogP contribution in [-0.4, -0.2) is 25.4 Å². The van der Waals surface area contributed by atoms with E-state index in [-0.39, 0.29) is 23.9 Å². The topological polar surface area (TPSA) is 55.6 Å². The number of nitrogens with two attached hydrogens (primary N) is 1. The molecule has 0 radical (unpaired) electrons. The molecule has 8 heteroatoms.